The number of benzene rings is 1. The van der Waals surface area contributed by atoms with Crippen molar-refractivity contribution in [3.63, 3.8) is 0 Å². The minimum absolute atomic E-state index is 0.664. The summed E-state index contributed by atoms with van der Waals surface area (Å²) in [5, 5.41) is 0. The highest BCUT2D eigenvalue weighted by atomic mass is 16.6. The zero-order valence-corrected chi connectivity index (χ0v) is 12.4. The first-order chi connectivity index (χ1) is 9.84. The van der Waals surface area contributed by atoms with E-state index in [1.165, 1.54) is 38.6 Å². The fraction of sp³-hybridized carbons (Fsp3) is 0.647. The Balaban J connectivity index is 0.000000121. The highest BCUT2D eigenvalue weighted by Gasteiger charge is 2.32. The van der Waals surface area contributed by atoms with Crippen molar-refractivity contribution in [1.29, 1.82) is 0 Å². The van der Waals surface area contributed by atoms with E-state index in [-0.39, 0.29) is 0 Å². The van der Waals surface area contributed by atoms with E-state index in [9.17, 15) is 0 Å². The molecular weight excluding hydrogens is 250 g/mol. The average Bonchev–Trinajstić information content (AvgIpc) is 2.90. The standard InChI is InChI=1S/C9H17N.C8H8O2/c1-10-7-6-8-4-2-3-5-9(8)10;1-2-4-8-7(3-1)9-5-6-10-8/h8-9H,2-7H2,1H3;1-4H,5-6H2. The molecule has 0 aromatic heterocycles. The van der Waals surface area contributed by atoms with Crippen LogP contribution in [0.1, 0.15) is 32.1 Å². The number of para-hydroxylation sites is 2. The van der Waals surface area contributed by atoms with Crippen LogP contribution in [0.4, 0.5) is 0 Å². The Labute approximate surface area is 121 Å². The molecule has 2 atom stereocenters. The third kappa shape index (κ3) is 3.09. The maximum atomic E-state index is 5.30. The molecule has 2 heterocycles. The van der Waals surface area contributed by atoms with E-state index < -0.39 is 0 Å². The first-order valence-corrected chi connectivity index (χ1v) is 7.89. The Kier molecular flexibility index (Phi) is 4.46. The van der Waals surface area contributed by atoms with Crippen LogP contribution in [0, 0.1) is 5.92 Å². The van der Waals surface area contributed by atoms with Crippen LogP contribution >= 0.6 is 0 Å². The van der Waals surface area contributed by atoms with Crippen molar-refractivity contribution in [1.82, 2.24) is 4.90 Å². The molecule has 3 aliphatic rings. The molecule has 0 radical (unpaired) electrons. The van der Waals surface area contributed by atoms with E-state index in [4.69, 9.17) is 9.47 Å². The number of likely N-dealkylation sites (tertiary alicyclic amines) is 1. The van der Waals surface area contributed by atoms with Crippen molar-refractivity contribution in [2.45, 2.75) is 38.1 Å². The molecule has 3 heteroatoms. The largest absolute Gasteiger partial charge is 0.486 e. The van der Waals surface area contributed by atoms with E-state index in [0.29, 0.717) is 13.2 Å². The van der Waals surface area contributed by atoms with E-state index in [0.717, 1.165) is 23.5 Å². The monoisotopic (exact) mass is 275 g/mol. The molecule has 0 amide bonds. The lowest BCUT2D eigenvalue weighted by atomic mass is 9.85. The maximum Gasteiger partial charge on any atom is 0.161 e. The van der Waals surface area contributed by atoms with Gasteiger partial charge in [-0.05, 0) is 50.9 Å². The molecule has 2 unspecified atom stereocenters. The molecule has 3 nitrogen and oxygen atoms in total. The molecule has 4 rings (SSSR count). The van der Waals surface area contributed by atoms with E-state index >= 15 is 0 Å². The highest BCUT2D eigenvalue weighted by Crippen LogP contribution is 2.34. The quantitative estimate of drug-likeness (QED) is 0.725. The second-order valence-corrected chi connectivity index (χ2v) is 6.02. The molecular formula is C17H25NO2. The van der Waals surface area contributed by atoms with Crippen molar-refractivity contribution >= 4 is 0 Å². The minimum atomic E-state index is 0.664. The van der Waals surface area contributed by atoms with E-state index in [1.807, 2.05) is 24.3 Å². The SMILES string of the molecule is CN1CCC2CCCCC21.c1ccc2c(c1)OCCO2. The van der Waals surface area contributed by atoms with Crippen LogP contribution in [-0.4, -0.2) is 37.7 Å². The predicted octanol–water partition coefficient (Wildman–Crippen LogP) is 3.34. The molecule has 2 fully saturated rings. The molecule has 0 bridgehead atoms. The van der Waals surface area contributed by atoms with Crippen molar-refractivity contribution in [3.8, 4) is 11.5 Å². The topological polar surface area (TPSA) is 21.7 Å². The van der Waals surface area contributed by atoms with Crippen molar-refractivity contribution in [2.24, 2.45) is 5.92 Å². The summed E-state index contributed by atoms with van der Waals surface area (Å²) in [6.45, 7) is 2.68. The van der Waals surface area contributed by atoms with Gasteiger partial charge in [0.1, 0.15) is 13.2 Å². The lowest BCUT2D eigenvalue weighted by Gasteiger charge is -2.28. The number of nitrogens with zero attached hydrogens (tertiary/aromatic N) is 1. The zero-order chi connectivity index (χ0) is 13.8. The summed E-state index contributed by atoms with van der Waals surface area (Å²) in [4.78, 5) is 2.56. The van der Waals surface area contributed by atoms with E-state index in [1.54, 1.807) is 0 Å². The Morgan fingerprint density at radius 1 is 0.950 bits per heavy atom. The maximum absolute atomic E-state index is 5.30. The fourth-order valence-electron chi connectivity index (χ4n) is 3.63. The zero-order valence-electron chi connectivity index (χ0n) is 12.4. The third-order valence-electron chi connectivity index (χ3n) is 4.74. The van der Waals surface area contributed by atoms with Gasteiger partial charge < -0.3 is 14.4 Å². The van der Waals surface area contributed by atoms with Crippen molar-refractivity contribution in [2.75, 3.05) is 26.8 Å². The van der Waals surface area contributed by atoms with Crippen molar-refractivity contribution < 1.29 is 9.47 Å². The Bertz CT molecular complexity index is 408. The van der Waals surface area contributed by atoms with Gasteiger partial charge in [0.15, 0.2) is 11.5 Å². The molecule has 0 N–H and O–H groups in total. The normalized spacial score (nSPS) is 28.2. The van der Waals surface area contributed by atoms with Gasteiger partial charge in [-0.3, -0.25) is 0 Å². The average molecular weight is 275 g/mol. The summed E-state index contributed by atoms with van der Waals surface area (Å²) >= 11 is 0. The summed E-state index contributed by atoms with van der Waals surface area (Å²) in [5.41, 5.74) is 0. The van der Waals surface area contributed by atoms with Gasteiger partial charge in [0.25, 0.3) is 0 Å². The van der Waals surface area contributed by atoms with Gasteiger partial charge in [-0.1, -0.05) is 25.0 Å². The van der Waals surface area contributed by atoms with Crippen LogP contribution in [0.15, 0.2) is 24.3 Å². The number of hydrogen-bond donors (Lipinski definition) is 0. The van der Waals surface area contributed by atoms with E-state index in [2.05, 4.69) is 11.9 Å². The molecule has 1 aliphatic carbocycles. The molecule has 1 aromatic carbocycles. The highest BCUT2D eigenvalue weighted by molar-refractivity contribution is 5.40. The summed E-state index contributed by atoms with van der Waals surface area (Å²) in [6.07, 6.45) is 7.43. The van der Waals surface area contributed by atoms with Gasteiger partial charge in [-0.25, -0.2) is 0 Å². The molecule has 20 heavy (non-hydrogen) atoms. The lowest BCUT2D eigenvalue weighted by molar-refractivity contribution is 0.171. The van der Waals surface area contributed by atoms with Gasteiger partial charge in [0.2, 0.25) is 0 Å². The predicted molar refractivity (Wildman–Crippen MR) is 80.4 cm³/mol. The molecule has 0 spiro atoms. The summed E-state index contributed by atoms with van der Waals surface area (Å²) in [5.74, 6) is 2.78. The van der Waals surface area contributed by atoms with Gasteiger partial charge in [-0.15, -0.1) is 0 Å². The van der Waals surface area contributed by atoms with Gasteiger partial charge in [-0.2, -0.15) is 0 Å². The lowest BCUT2D eigenvalue weighted by Crippen LogP contribution is -2.31. The van der Waals surface area contributed by atoms with Crippen LogP contribution in [0.5, 0.6) is 11.5 Å². The van der Waals surface area contributed by atoms with Gasteiger partial charge in [0, 0.05) is 6.04 Å². The second kappa shape index (κ2) is 6.49. The van der Waals surface area contributed by atoms with Gasteiger partial charge in [0.05, 0.1) is 0 Å². The second-order valence-electron chi connectivity index (χ2n) is 6.02. The van der Waals surface area contributed by atoms with Crippen LogP contribution in [0.25, 0.3) is 0 Å². The van der Waals surface area contributed by atoms with Crippen molar-refractivity contribution in [3.05, 3.63) is 24.3 Å². The first-order valence-electron chi connectivity index (χ1n) is 7.89. The smallest absolute Gasteiger partial charge is 0.161 e. The minimum Gasteiger partial charge on any atom is -0.486 e. The Morgan fingerprint density at radius 3 is 2.25 bits per heavy atom. The van der Waals surface area contributed by atoms with Crippen LogP contribution in [0.2, 0.25) is 0 Å². The molecule has 2 aliphatic heterocycles. The van der Waals surface area contributed by atoms with Gasteiger partial charge >= 0.3 is 0 Å². The summed E-state index contributed by atoms with van der Waals surface area (Å²) < 4.78 is 10.6. The fourth-order valence-corrected chi connectivity index (χ4v) is 3.63. The van der Waals surface area contributed by atoms with Crippen LogP contribution in [-0.2, 0) is 0 Å². The Hall–Kier alpha value is -1.22. The molecule has 110 valence electrons. The number of hydrogen-bond acceptors (Lipinski definition) is 3. The summed E-state index contributed by atoms with van der Waals surface area (Å²) in [6, 6.07) is 8.66. The Morgan fingerprint density at radius 2 is 1.60 bits per heavy atom. The third-order valence-corrected chi connectivity index (χ3v) is 4.74. The van der Waals surface area contributed by atoms with Crippen LogP contribution in [0.3, 0.4) is 0 Å². The molecule has 1 aromatic rings. The van der Waals surface area contributed by atoms with Crippen LogP contribution < -0.4 is 9.47 Å². The first kappa shape index (κ1) is 13.7. The number of ether oxygens (including phenoxy) is 2. The summed E-state index contributed by atoms with van der Waals surface area (Å²) in [7, 11) is 2.29. The molecule has 1 saturated carbocycles. The number of rotatable bonds is 0. The number of fused-ring (bicyclic) bond motifs is 2. The molecule has 1 saturated heterocycles.